The van der Waals surface area contributed by atoms with E-state index in [0.717, 1.165) is 0 Å². The Kier molecular flexibility index (Phi) is 3.16. The zero-order valence-electron chi connectivity index (χ0n) is 8.48. The van der Waals surface area contributed by atoms with Gasteiger partial charge in [0, 0.05) is 13.1 Å². The molecular weight excluding hydrogens is 206 g/mol. The van der Waals surface area contributed by atoms with Crippen LogP contribution in [0.15, 0.2) is 0 Å². The molecule has 1 fully saturated rings. The number of nitrogens with zero attached hydrogens (tertiary/aromatic N) is 1. The van der Waals surface area contributed by atoms with Gasteiger partial charge in [-0.25, -0.2) is 4.79 Å². The van der Waals surface area contributed by atoms with Gasteiger partial charge in [0.05, 0.1) is 5.25 Å². The van der Waals surface area contributed by atoms with Crippen molar-refractivity contribution in [2.45, 2.75) is 31.6 Å². The first-order valence-electron chi connectivity index (χ1n) is 4.35. The van der Waals surface area contributed by atoms with Crippen molar-refractivity contribution in [1.82, 2.24) is 4.90 Å². The Labute approximate surface area is 85.7 Å². The zero-order valence-corrected chi connectivity index (χ0v) is 9.30. The lowest BCUT2D eigenvalue weighted by Gasteiger charge is -2.40. The normalized spacial score (nSPS) is 20.1. The summed E-state index contributed by atoms with van der Waals surface area (Å²) in [5.74, 6) is 0. The molecule has 1 atom stereocenters. The molecule has 0 N–H and O–H groups in total. The van der Waals surface area contributed by atoms with Crippen molar-refractivity contribution in [3.05, 3.63) is 0 Å². The van der Waals surface area contributed by atoms with Gasteiger partial charge in [0.25, 0.3) is 0 Å². The van der Waals surface area contributed by atoms with Gasteiger partial charge in [-0.05, 0) is 31.9 Å². The molecule has 1 amide bonds. The van der Waals surface area contributed by atoms with Gasteiger partial charge in [-0.2, -0.15) is 0 Å². The molecule has 1 heterocycles. The maximum absolute atomic E-state index is 11.3. The Morgan fingerprint density at radius 2 is 2.00 bits per heavy atom. The lowest BCUT2D eigenvalue weighted by molar-refractivity contribution is 0.0138. The fourth-order valence-electron chi connectivity index (χ4n) is 1.04. The van der Waals surface area contributed by atoms with Crippen LogP contribution in [-0.4, -0.2) is 43.7 Å². The third kappa shape index (κ3) is 2.95. The molecule has 1 unspecified atom stereocenters. The highest BCUT2D eigenvalue weighted by molar-refractivity contribution is 7.79. The van der Waals surface area contributed by atoms with Crippen molar-refractivity contribution >= 4 is 17.2 Å². The van der Waals surface area contributed by atoms with Crippen LogP contribution in [0.5, 0.6) is 0 Å². The molecule has 1 rings (SSSR count). The van der Waals surface area contributed by atoms with Crippen molar-refractivity contribution in [2.24, 2.45) is 0 Å². The van der Waals surface area contributed by atoms with Gasteiger partial charge in [0.2, 0.25) is 0 Å². The van der Waals surface area contributed by atoms with Crippen LogP contribution in [0.1, 0.15) is 20.8 Å². The minimum Gasteiger partial charge on any atom is -0.772 e. The summed E-state index contributed by atoms with van der Waals surface area (Å²) in [4.78, 5) is 12.7. The summed E-state index contributed by atoms with van der Waals surface area (Å²) in [5.41, 5.74) is -0.529. The number of rotatable bonds is 1. The summed E-state index contributed by atoms with van der Waals surface area (Å²) < 4.78 is 26.0. The topological polar surface area (TPSA) is 69.7 Å². The van der Waals surface area contributed by atoms with E-state index in [-0.39, 0.29) is 13.1 Å². The summed E-state index contributed by atoms with van der Waals surface area (Å²) >= 11 is -2.08. The molecule has 0 aromatic heterocycles. The van der Waals surface area contributed by atoms with E-state index in [0.29, 0.717) is 0 Å². The van der Waals surface area contributed by atoms with Crippen molar-refractivity contribution in [1.29, 1.82) is 0 Å². The maximum Gasteiger partial charge on any atom is 0.410 e. The van der Waals surface area contributed by atoms with Crippen LogP contribution in [0, 0.1) is 0 Å². The maximum atomic E-state index is 11.3. The Balaban J connectivity index is 2.34. The van der Waals surface area contributed by atoms with E-state index in [2.05, 4.69) is 0 Å². The molecule has 1 aliphatic heterocycles. The predicted molar refractivity (Wildman–Crippen MR) is 50.5 cm³/mol. The average molecular weight is 220 g/mol. The first kappa shape index (κ1) is 11.5. The average Bonchev–Trinajstić information content (AvgIpc) is 1.75. The first-order valence-corrected chi connectivity index (χ1v) is 5.49. The van der Waals surface area contributed by atoms with Gasteiger partial charge in [0.1, 0.15) is 5.60 Å². The van der Waals surface area contributed by atoms with Crippen LogP contribution < -0.4 is 0 Å². The highest BCUT2D eigenvalue weighted by atomic mass is 32.2. The third-order valence-corrected chi connectivity index (χ3v) is 2.61. The number of amides is 1. The molecule has 82 valence electrons. The molecule has 0 aliphatic carbocycles. The Morgan fingerprint density at radius 1 is 1.50 bits per heavy atom. The van der Waals surface area contributed by atoms with Gasteiger partial charge in [-0.15, -0.1) is 0 Å². The second kappa shape index (κ2) is 3.86. The van der Waals surface area contributed by atoms with Crippen LogP contribution >= 0.6 is 0 Å². The quantitative estimate of drug-likeness (QED) is 0.603. The van der Waals surface area contributed by atoms with E-state index in [9.17, 15) is 13.6 Å². The Bertz CT molecular complexity index is 255. The van der Waals surface area contributed by atoms with Crippen molar-refractivity contribution in [3.8, 4) is 0 Å². The Morgan fingerprint density at radius 3 is 2.36 bits per heavy atom. The van der Waals surface area contributed by atoms with Crippen LogP contribution in [0.25, 0.3) is 0 Å². The summed E-state index contributed by atoms with van der Waals surface area (Å²) in [7, 11) is 0. The molecule has 6 heteroatoms. The van der Waals surface area contributed by atoms with Gasteiger partial charge in [-0.1, -0.05) is 0 Å². The number of hydrogen-bond acceptors (Lipinski definition) is 4. The molecule has 0 radical (unpaired) electrons. The van der Waals surface area contributed by atoms with Crippen LogP contribution in [0.2, 0.25) is 0 Å². The second-order valence-corrected chi connectivity index (χ2v) is 5.46. The molecule has 1 aliphatic rings. The van der Waals surface area contributed by atoms with Gasteiger partial charge in [0.15, 0.2) is 0 Å². The second-order valence-electron chi connectivity index (χ2n) is 4.27. The van der Waals surface area contributed by atoms with E-state index in [1.807, 2.05) is 0 Å². The van der Waals surface area contributed by atoms with E-state index in [4.69, 9.17) is 4.74 Å². The van der Waals surface area contributed by atoms with Gasteiger partial charge < -0.3 is 14.2 Å². The molecule has 0 saturated carbocycles. The van der Waals surface area contributed by atoms with E-state index >= 15 is 0 Å². The fourth-order valence-corrected chi connectivity index (χ4v) is 1.64. The lowest BCUT2D eigenvalue weighted by atomic mass is 10.2. The smallest absolute Gasteiger partial charge is 0.410 e. The summed E-state index contributed by atoms with van der Waals surface area (Å²) in [6.45, 7) is 5.80. The number of likely N-dealkylation sites (tertiary alicyclic amines) is 1. The van der Waals surface area contributed by atoms with Crippen molar-refractivity contribution in [2.75, 3.05) is 13.1 Å². The summed E-state index contributed by atoms with van der Waals surface area (Å²) in [6.07, 6.45) is -0.445. The van der Waals surface area contributed by atoms with Crippen LogP contribution in [-0.2, 0) is 15.8 Å². The van der Waals surface area contributed by atoms with Crippen LogP contribution in [0.4, 0.5) is 4.79 Å². The number of hydrogen-bond donors (Lipinski definition) is 0. The number of carbonyl (C=O) groups is 1. The molecule has 0 aromatic carbocycles. The third-order valence-electron chi connectivity index (χ3n) is 1.77. The Hall–Kier alpha value is -0.620. The molecule has 0 aromatic rings. The largest absolute Gasteiger partial charge is 0.772 e. The molecule has 0 spiro atoms. The monoisotopic (exact) mass is 220 g/mol. The highest BCUT2D eigenvalue weighted by Gasteiger charge is 2.34. The highest BCUT2D eigenvalue weighted by Crippen LogP contribution is 2.17. The van der Waals surface area contributed by atoms with E-state index in [1.165, 1.54) is 4.90 Å². The lowest BCUT2D eigenvalue weighted by Crippen LogP contribution is -2.56. The molecule has 5 nitrogen and oxygen atoms in total. The predicted octanol–water partition coefficient (Wildman–Crippen LogP) is 0.485. The van der Waals surface area contributed by atoms with Gasteiger partial charge >= 0.3 is 6.09 Å². The standard InChI is InChI=1S/C8H15NO4S/c1-8(2,3)13-7(10)9-4-6(5-9)14(11)12/h6H,4-5H2,1-3H3,(H,11,12)/p-1. The van der Waals surface area contributed by atoms with Gasteiger partial charge in [-0.3, -0.25) is 4.21 Å². The number of carbonyl (C=O) groups excluding carboxylic acids is 1. The minimum absolute atomic E-state index is 0.241. The van der Waals surface area contributed by atoms with Crippen molar-refractivity contribution < 1.29 is 18.3 Å². The minimum atomic E-state index is -2.08. The first-order chi connectivity index (χ1) is 6.29. The van der Waals surface area contributed by atoms with E-state index in [1.54, 1.807) is 20.8 Å². The van der Waals surface area contributed by atoms with Crippen molar-refractivity contribution in [3.63, 3.8) is 0 Å². The van der Waals surface area contributed by atoms with Crippen LogP contribution in [0.3, 0.4) is 0 Å². The zero-order chi connectivity index (χ0) is 10.9. The SMILES string of the molecule is CC(C)(C)OC(=O)N1CC(S(=O)[O-])C1. The molecular formula is C8H14NO4S-. The molecule has 0 bridgehead atoms. The molecule has 1 saturated heterocycles. The van der Waals surface area contributed by atoms with E-state index < -0.39 is 28.0 Å². The summed E-state index contributed by atoms with van der Waals surface area (Å²) in [5, 5.41) is -0.428. The molecule has 14 heavy (non-hydrogen) atoms. The summed E-state index contributed by atoms with van der Waals surface area (Å²) in [6, 6.07) is 0. The fraction of sp³-hybridized carbons (Fsp3) is 0.875. The number of ether oxygens (including phenoxy) is 1.